The maximum absolute atomic E-state index is 12.1. The van der Waals surface area contributed by atoms with Gasteiger partial charge in [0.15, 0.2) is 0 Å². The second-order valence-corrected chi connectivity index (χ2v) is 5.86. The monoisotopic (exact) mass is 341 g/mol. The summed E-state index contributed by atoms with van der Waals surface area (Å²) in [5, 5.41) is 59.3. The van der Waals surface area contributed by atoms with Crippen molar-refractivity contribution in [3.63, 3.8) is 0 Å². The minimum absolute atomic E-state index is 0.0700. The zero-order chi connectivity index (χ0) is 18.0. The third-order valence-electron chi connectivity index (χ3n) is 4.08. The number of aromatic carboxylic acids is 1. The summed E-state index contributed by atoms with van der Waals surface area (Å²) < 4.78 is 0. The van der Waals surface area contributed by atoms with Crippen molar-refractivity contribution in [1.82, 2.24) is 5.32 Å². The smallest absolute Gasteiger partial charge is 0.339 e. The van der Waals surface area contributed by atoms with Gasteiger partial charge in [-0.2, -0.15) is 0 Å². The maximum Gasteiger partial charge on any atom is 0.339 e. The molecule has 0 saturated heterocycles. The van der Waals surface area contributed by atoms with Gasteiger partial charge in [0.2, 0.25) is 0 Å². The van der Waals surface area contributed by atoms with Gasteiger partial charge in [0, 0.05) is 6.54 Å². The predicted octanol–water partition coefficient (Wildman–Crippen LogP) is -0.982. The number of hydrogen-bond donors (Lipinski definition) is 7. The minimum atomic E-state index is -1.45. The Bertz CT molecular complexity index is 635. The first-order chi connectivity index (χ1) is 11.2. The van der Waals surface area contributed by atoms with E-state index in [1.165, 1.54) is 0 Å². The van der Waals surface area contributed by atoms with E-state index in [1.54, 1.807) is 0 Å². The average molecular weight is 341 g/mol. The van der Waals surface area contributed by atoms with E-state index < -0.39 is 47.3 Å². The molecule has 2 unspecified atom stereocenters. The Morgan fingerprint density at radius 2 is 1.50 bits per heavy atom. The quantitative estimate of drug-likeness (QED) is 0.343. The van der Waals surface area contributed by atoms with E-state index in [2.05, 4.69) is 5.32 Å². The van der Waals surface area contributed by atoms with Crippen molar-refractivity contribution in [2.75, 3.05) is 6.54 Å². The van der Waals surface area contributed by atoms with E-state index in [0.717, 1.165) is 12.1 Å². The molecule has 1 aromatic rings. The van der Waals surface area contributed by atoms with Crippen LogP contribution in [0.4, 0.5) is 0 Å². The number of carbonyl (C=O) groups is 2. The number of rotatable bonds is 4. The standard InChI is InChI=1S/C15H19NO8/c17-9-4-8(15(23)24)10(18)3-7(9)14(22)16-5-6-1-11(19)13(21)12(20)2-6/h3-4,6,11-13,17-21H,1-2,5H2,(H,16,22)(H,23,24). The van der Waals surface area contributed by atoms with E-state index >= 15 is 0 Å². The van der Waals surface area contributed by atoms with Crippen LogP contribution < -0.4 is 5.32 Å². The lowest BCUT2D eigenvalue weighted by molar-refractivity contribution is -0.0990. The first kappa shape index (κ1) is 18.0. The molecule has 7 N–H and O–H groups in total. The second kappa shape index (κ2) is 7.04. The van der Waals surface area contributed by atoms with Gasteiger partial charge in [-0.25, -0.2) is 4.79 Å². The molecule has 0 spiro atoms. The van der Waals surface area contributed by atoms with Gasteiger partial charge < -0.3 is 36.0 Å². The zero-order valence-electron chi connectivity index (χ0n) is 12.6. The SMILES string of the molecule is O=C(O)c1cc(O)c(C(=O)NCC2CC(O)C(O)C(O)C2)cc1O. The van der Waals surface area contributed by atoms with Crippen molar-refractivity contribution < 1.29 is 40.2 Å². The highest BCUT2D eigenvalue weighted by Gasteiger charge is 2.34. The van der Waals surface area contributed by atoms with Crippen LogP contribution in [0.5, 0.6) is 11.5 Å². The largest absolute Gasteiger partial charge is 0.507 e. The van der Waals surface area contributed by atoms with Gasteiger partial charge in [-0.3, -0.25) is 4.79 Å². The molecule has 9 heteroatoms. The molecule has 1 aliphatic rings. The third-order valence-corrected chi connectivity index (χ3v) is 4.08. The number of carboxylic acid groups (broad SMARTS) is 1. The third kappa shape index (κ3) is 3.75. The molecule has 9 nitrogen and oxygen atoms in total. The number of aliphatic hydroxyl groups excluding tert-OH is 3. The highest BCUT2D eigenvalue weighted by Crippen LogP contribution is 2.28. The molecule has 1 fully saturated rings. The number of aromatic hydroxyl groups is 2. The number of carbonyl (C=O) groups excluding carboxylic acids is 1. The number of phenolic OH excluding ortho intramolecular Hbond substituents is 1. The molecule has 0 heterocycles. The molecule has 0 radical (unpaired) electrons. The van der Waals surface area contributed by atoms with Gasteiger partial charge in [0.05, 0.1) is 17.8 Å². The number of nitrogens with one attached hydrogen (secondary N) is 1. The molecule has 0 aliphatic heterocycles. The number of hydrogen-bond acceptors (Lipinski definition) is 7. The Kier molecular flexibility index (Phi) is 5.27. The molecule has 0 aromatic heterocycles. The molecule has 24 heavy (non-hydrogen) atoms. The number of amides is 1. The van der Waals surface area contributed by atoms with Gasteiger partial charge >= 0.3 is 5.97 Å². The fourth-order valence-corrected chi connectivity index (χ4v) is 2.74. The lowest BCUT2D eigenvalue weighted by atomic mass is 9.83. The Balaban J connectivity index is 2.03. The molecule has 1 aromatic carbocycles. The van der Waals surface area contributed by atoms with Gasteiger partial charge in [-0.05, 0) is 30.9 Å². The van der Waals surface area contributed by atoms with Gasteiger partial charge in [0.25, 0.3) is 5.91 Å². The lowest BCUT2D eigenvalue weighted by Gasteiger charge is -2.34. The van der Waals surface area contributed by atoms with Gasteiger partial charge in [-0.1, -0.05) is 0 Å². The minimum Gasteiger partial charge on any atom is -0.507 e. The molecular formula is C15H19NO8. The Morgan fingerprint density at radius 1 is 1.00 bits per heavy atom. The molecule has 1 saturated carbocycles. The topological polar surface area (TPSA) is 168 Å². The first-order valence-corrected chi connectivity index (χ1v) is 7.32. The van der Waals surface area contributed by atoms with Crippen LogP contribution in [-0.4, -0.2) is 67.4 Å². The summed E-state index contributed by atoms with van der Waals surface area (Å²) in [5.74, 6) is -3.72. The summed E-state index contributed by atoms with van der Waals surface area (Å²) in [6.07, 6.45) is -3.03. The molecule has 1 aliphatic carbocycles. The number of benzene rings is 1. The molecule has 0 bridgehead atoms. The highest BCUT2D eigenvalue weighted by atomic mass is 16.4. The summed E-state index contributed by atoms with van der Waals surface area (Å²) >= 11 is 0. The summed E-state index contributed by atoms with van der Waals surface area (Å²) in [6, 6.07) is 1.62. The van der Waals surface area contributed by atoms with Gasteiger partial charge in [0.1, 0.15) is 23.2 Å². The number of phenols is 2. The van der Waals surface area contributed by atoms with E-state index in [1.807, 2.05) is 0 Å². The van der Waals surface area contributed by atoms with Crippen molar-refractivity contribution in [3.05, 3.63) is 23.3 Å². The average Bonchev–Trinajstić information content (AvgIpc) is 2.51. The van der Waals surface area contributed by atoms with Crippen LogP contribution in [0.2, 0.25) is 0 Å². The van der Waals surface area contributed by atoms with Crippen molar-refractivity contribution in [1.29, 1.82) is 0 Å². The van der Waals surface area contributed by atoms with Crippen molar-refractivity contribution in [2.45, 2.75) is 31.2 Å². The Morgan fingerprint density at radius 3 is 2.04 bits per heavy atom. The normalized spacial score (nSPS) is 26.8. The van der Waals surface area contributed by atoms with Crippen molar-refractivity contribution in [3.8, 4) is 11.5 Å². The van der Waals surface area contributed by atoms with Crippen molar-refractivity contribution >= 4 is 11.9 Å². The predicted molar refractivity (Wildman–Crippen MR) is 79.8 cm³/mol. The molecule has 2 atom stereocenters. The van der Waals surface area contributed by atoms with Crippen LogP contribution in [0.1, 0.15) is 33.6 Å². The summed E-state index contributed by atoms with van der Waals surface area (Å²) in [6.45, 7) is 0.0700. The zero-order valence-corrected chi connectivity index (χ0v) is 12.6. The molecule has 132 valence electrons. The van der Waals surface area contributed by atoms with Gasteiger partial charge in [-0.15, -0.1) is 0 Å². The van der Waals surface area contributed by atoms with Crippen LogP contribution in [0.15, 0.2) is 12.1 Å². The fourth-order valence-electron chi connectivity index (χ4n) is 2.74. The summed E-state index contributed by atoms with van der Waals surface area (Å²) in [5.41, 5.74) is -0.828. The first-order valence-electron chi connectivity index (χ1n) is 7.32. The van der Waals surface area contributed by atoms with E-state index in [0.29, 0.717) is 0 Å². The van der Waals surface area contributed by atoms with Crippen LogP contribution in [0.25, 0.3) is 0 Å². The number of carboxylic acids is 1. The van der Waals surface area contributed by atoms with Crippen LogP contribution in [0.3, 0.4) is 0 Å². The second-order valence-electron chi connectivity index (χ2n) is 5.86. The van der Waals surface area contributed by atoms with E-state index in [4.69, 9.17) is 5.11 Å². The summed E-state index contributed by atoms with van der Waals surface area (Å²) in [4.78, 5) is 22.9. The molecular weight excluding hydrogens is 322 g/mol. The Hall–Kier alpha value is -2.36. The van der Waals surface area contributed by atoms with Crippen LogP contribution >= 0.6 is 0 Å². The fraction of sp³-hybridized carbons (Fsp3) is 0.467. The summed E-state index contributed by atoms with van der Waals surface area (Å²) in [7, 11) is 0. The van der Waals surface area contributed by atoms with E-state index in [-0.39, 0.29) is 30.9 Å². The Labute approximate surface area is 136 Å². The van der Waals surface area contributed by atoms with Crippen LogP contribution in [0, 0.1) is 5.92 Å². The maximum atomic E-state index is 12.1. The molecule has 2 rings (SSSR count). The highest BCUT2D eigenvalue weighted by molar-refractivity contribution is 6.00. The van der Waals surface area contributed by atoms with Crippen LogP contribution in [-0.2, 0) is 0 Å². The van der Waals surface area contributed by atoms with Crippen molar-refractivity contribution in [2.24, 2.45) is 5.92 Å². The molecule has 1 amide bonds. The van der Waals surface area contributed by atoms with E-state index in [9.17, 15) is 35.1 Å². The lowest BCUT2D eigenvalue weighted by Crippen LogP contribution is -2.46. The number of aliphatic hydroxyl groups is 3.